The number of anilines is 1. The predicted octanol–water partition coefficient (Wildman–Crippen LogP) is 4.07. The lowest BCUT2D eigenvalue weighted by Crippen LogP contribution is -2.06. The molecule has 0 radical (unpaired) electrons. The number of aromatic nitrogens is 2. The van der Waals surface area contributed by atoms with Crippen LogP contribution in [0.3, 0.4) is 0 Å². The van der Waals surface area contributed by atoms with Crippen LogP contribution >= 0.6 is 22.6 Å². The lowest BCUT2D eigenvalue weighted by atomic mass is 10.3. The largest absolute Gasteiger partial charge is 0.379 e. The zero-order valence-corrected chi connectivity index (χ0v) is 12.9. The number of nitrogens with zero attached hydrogens (tertiary/aromatic N) is 2. The zero-order valence-electron chi connectivity index (χ0n) is 10.7. The van der Waals surface area contributed by atoms with E-state index in [1.807, 2.05) is 4.68 Å². The second-order valence-electron chi connectivity index (χ2n) is 4.41. The van der Waals surface area contributed by atoms with E-state index in [4.69, 9.17) is 0 Å². The molecule has 18 heavy (non-hydrogen) atoms. The van der Waals surface area contributed by atoms with Crippen LogP contribution in [0.2, 0.25) is 0 Å². The minimum Gasteiger partial charge on any atom is -0.379 e. The minimum absolute atomic E-state index is 0.469. The van der Waals surface area contributed by atoms with E-state index in [9.17, 15) is 0 Å². The molecule has 0 aliphatic heterocycles. The van der Waals surface area contributed by atoms with Crippen LogP contribution in [0.1, 0.15) is 32.0 Å². The summed E-state index contributed by atoms with van der Waals surface area (Å²) in [6.45, 7) is 5.13. The Morgan fingerprint density at radius 2 is 2.22 bits per heavy atom. The summed E-state index contributed by atoms with van der Waals surface area (Å²) in [5.41, 5.74) is 2.22. The SMILES string of the molecule is CCC(C)n1ccc(CNc2cccc(I)c2)n1. The number of hydrogen-bond acceptors (Lipinski definition) is 2. The summed E-state index contributed by atoms with van der Waals surface area (Å²) in [4.78, 5) is 0. The lowest BCUT2D eigenvalue weighted by Gasteiger charge is -2.08. The normalized spacial score (nSPS) is 12.4. The van der Waals surface area contributed by atoms with Gasteiger partial charge in [0, 0.05) is 21.5 Å². The Labute approximate surface area is 122 Å². The standard InChI is InChI=1S/C14H18IN3/c1-3-11(2)18-8-7-14(17-18)10-16-13-6-4-5-12(15)9-13/h4-9,11,16H,3,10H2,1-2H3. The summed E-state index contributed by atoms with van der Waals surface area (Å²) in [6, 6.07) is 10.9. The van der Waals surface area contributed by atoms with Gasteiger partial charge >= 0.3 is 0 Å². The van der Waals surface area contributed by atoms with Gasteiger partial charge in [-0.2, -0.15) is 5.10 Å². The number of hydrogen-bond donors (Lipinski definition) is 1. The van der Waals surface area contributed by atoms with E-state index < -0.39 is 0 Å². The Morgan fingerprint density at radius 3 is 2.94 bits per heavy atom. The molecule has 0 fully saturated rings. The average Bonchev–Trinajstić information content (AvgIpc) is 2.84. The number of rotatable bonds is 5. The minimum atomic E-state index is 0.469. The Bertz CT molecular complexity index is 507. The Kier molecular flexibility index (Phi) is 4.63. The second-order valence-corrected chi connectivity index (χ2v) is 5.65. The van der Waals surface area contributed by atoms with E-state index in [1.54, 1.807) is 0 Å². The molecule has 1 atom stereocenters. The van der Waals surface area contributed by atoms with Crippen LogP contribution in [-0.4, -0.2) is 9.78 Å². The molecule has 1 aromatic heterocycles. The van der Waals surface area contributed by atoms with Crippen molar-refractivity contribution in [2.45, 2.75) is 32.9 Å². The van der Waals surface area contributed by atoms with E-state index in [-0.39, 0.29) is 0 Å². The third kappa shape index (κ3) is 3.48. The summed E-state index contributed by atoms with van der Waals surface area (Å²) < 4.78 is 3.27. The highest BCUT2D eigenvalue weighted by Crippen LogP contribution is 2.14. The number of nitrogens with one attached hydrogen (secondary N) is 1. The summed E-state index contributed by atoms with van der Waals surface area (Å²) >= 11 is 2.32. The maximum absolute atomic E-state index is 4.57. The van der Waals surface area contributed by atoms with Gasteiger partial charge in [0.1, 0.15) is 0 Å². The van der Waals surface area contributed by atoms with Crippen molar-refractivity contribution in [2.75, 3.05) is 5.32 Å². The molecule has 1 unspecified atom stereocenters. The van der Waals surface area contributed by atoms with Gasteiger partial charge in [-0.1, -0.05) is 13.0 Å². The third-order valence-electron chi connectivity index (χ3n) is 3.00. The molecular weight excluding hydrogens is 337 g/mol. The van der Waals surface area contributed by atoms with Crippen molar-refractivity contribution < 1.29 is 0 Å². The number of halogens is 1. The molecule has 0 amide bonds. The highest BCUT2D eigenvalue weighted by Gasteiger charge is 2.04. The van der Waals surface area contributed by atoms with Crippen molar-refractivity contribution in [3.63, 3.8) is 0 Å². The highest BCUT2D eigenvalue weighted by atomic mass is 127. The van der Waals surface area contributed by atoms with E-state index in [0.717, 1.165) is 24.3 Å². The average molecular weight is 355 g/mol. The third-order valence-corrected chi connectivity index (χ3v) is 3.68. The van der Waals surface area contributed by atoms with E-state index >= 15 is 0 Å². The molecule has 0 aliphatic carbocycles. The number of benzene rings is 1. The molecule has 1 heterocycles. The van der Waals surface area contributed by atoms with Crippen LogP contribution in [0.5, 0.6) is 0 Å². The van der Waals surface area contributed by atoms with Crippen molar-refractivity contribution >= 4 is 28.3 Å². The van der Waals surface area contributed by atoms with Gasteiger partial charge in [0.05, 0.1) is 12.2 Å². The first-order chi connectivity index (χ1) is 8.69. The summed E-state index contributed by atoms with van der Waals surface area (Å²) in [7, 11) is 0. The molecule has 0 bridgehead atoms. The summed E-state index contributed by atoms with van der Waals surface area (Å²) in [5.74, 6) is 0. The van der Waals surface area contributed by atoms with Crippen molar-refractivity contribution in [2.24, 2.45) is 0 Å². The van der Waals surface area contributed by atoms with Crippen LogP contribution in [-0.2, 0) is 6.54 Å². The summed E-state index contributed by atoms with van der Waals surface area (Å²) in [5, 5.41) is 7.96. The maximum atomic E-state index is 4.57. The highest BCUT2D eigenvalue weighted by molar-refractivity contribution is 14.1. The fourth-order valence-corrected chi connectivity index (χ4v) is 2.24. The van der Waals surface area contributed by atoms with E-state index in [0.29, 0.717) is 6.04 Å². The molecule has 0 aliphatic rings. The van der Waals surface area contributed by atoms with Crippen LogP contribution in [0, 0.1) is 3.57 Å². The molecule has 2 rings (SSSR count). The molecule has 96 valence electrons. The first-order valence-corrected chi connectivity index (χ1v) is 7.30. The Balaban J connectivity index is 1.96. The molecule has 1 aromatic carbocycles. The van der Waals surface area contributed by atoms with Crippen molar-refractivity contribution in [3.8, 4) is 0 Å². The van der Waals surface area contributed by atoms with Crippen LogP contribution in [0.25, 0.3) is 0 Å². The van der Waals surface area contributed by atoms with Crippen molar-refractivity contribution in [1.29, 1.82) is 0 Å². The molecule has 2 aromatic rings. The maximum Gasteiger partial charge on any atom is 0.0815 e. The second kappa shape index (κ2) is 6.22. The fourth-order valence-electron chi connectivity index (χ4n) is 1.70. The van der Waals surface area contributed by atoms with Crippen molar-refractivity contribution in [3.05, 3.63) is 45.8 Å². The molecule has 0 spiro atoms. The molecular formula is C14H18IN3. The monoisotopic (exact) mass is 355 g/mol. The van der Waals surface area contributed by atoms with Gasteiger partial charge in [0.25, 0.3) is 0 Å². The van der Waals surface area contributed by atoms with Gasteiger partial charge in [-0.25, -0.2) is 0 Å². The summed E-state index contributed by atoms with van der Waals surface area (Å²) in [6.07, 6.45) is 3.16. The first-order valence-electron chi connectivity index (χ1n) is 6.22. The lowest BCUT2D eigenvalue weighted by molar-refractivity contribution is 0.474. The van der Waals surface area contributed by atoms with Crippen LogP contribution < -0.4 is 5.32 Å². The van der Waals surface area contributed by atoms with Gasteiger partial charge in [-0.15, -0.1) is 0 Å². The van der Waals surface area contributed by atoms with Gasteiger partial charge in [-0.3, -0.25) is 4.68 Å². The van der Waals surface area contributed by atoms with Gasteiger partial charge in [0.15, 0.2) is 0 Å². The Hall–Kier alpha value is -1.04. The first kappa shape index (κ1) is 13.4. The van der Waals surface area contributed by atoms with Crippen molar-refractivity contribution in [1.82, 2.24) is 9.78 Å². The Morgan fingerprint density at radius 1 is 1.39 bits per heavy atom. The smallest absolute Gasteiger partial charge is 0.0815 e. The quantitative estimate of drug-likeness (QED) is 0.820. The fraction of sp³-hybridized carbons (Fsp3) is 0.357. The molecule has 0 saturated carbocycles. The van der Waals surface area contributed by atoms with Gasteiger partial charge in [-0.05, 0) is 60.2 Å². The van der Waals surface area contributed by atoms with Gasteiger partial charge < -0.3 is 5.32 Å². The van der Waals surface area contributed by atoms with E-state index in [2.05, 4.69) is 83.4 Å². The molecule has 4 heteroatoms. The molecule has 3 nitrogen and oxygen atoms in total. The predicted molar refractivity (Wildman–Crippen MR) is 83.7 cm³/mol. The van der Waals surface area contributed by atoms with Crippen LogP contribution in [0.15, 0.2) is 36.5 Å². The van der Waals surface area contributed by atoms with Crippen LogP contribution in [0.4, 0.5) is 5.69 Å². The zero-order chi connectivity index (χ0) is 13.0. The van der Waals surface area contributed by atoms with E-state index in [1.165, 1.54) is 3.57 Å². The molecule has 1 N–H and O–H groups in total. The van der Waals surface area contributed by atoms with Gasteiger partial charge in [0.2, 0.25) is 0 Å². The molecule has 0 saturated heterocycles. The topological polar surface area (TPSA) is 29.9 Å².